The van der Waals surface area contributed by atoms with Crippen LogP contribution in [0.3, 0.4) is 0 Å². The number of benzene rings is 1. The van der Waals surface area contributed by atoms with Crippen molar-refractivity contribution in [2.75, 3.05) is 0 Å². The first kappa shape index (κ1) is 18.0. The SMILES string of the molecule is CC(C)NC(=O)Cc1ccc(CN=C([O-])OC(C)(C)C)cc1. The molecule has 5 heteroatoms. The molecule has 0 unspecified atom stereocenters. The van der Waals surface area contributed by atoms with Crippen LogP contribution in [0.15, 0.2) is 29.3 Å². The van der Waals surface area contributed by atoms with Crippen LogP contribution in [0.25, 0.3) is 0 Å². The molecule has 0 aromatic heterocycles. The van der Waals surface area contributed by atoms with Crippen LogP contribution in [-0.2, 0) is 22.5 Å². The monoisotopic (exact) mass is 305 g/mol. The van der Waals surface area contributed by atoms with Gasteiger partial charge in [0.15, 0.2) is 0 Å². The highest BCUT2D eigenvalue weighted by Crippen LogP contribution is 2.09. The smallest absolute Gasteiger partial charge is 0.224 e. The topological polar surface area (TPSA) is 73.8 Å². The largest absolute Gasteiger partial charge is 0.595 e. The van der Waals surface area contributed by atoms with Gasteiger partial charge in [-0.2, -0.15) is 0 Å². The molecular weight excluding hydrogens is 280 g/mol. The van der Waals surface area contributed by atoms with Gasteiger partial charge in [-0.3, -0.25) is 9.79 Å². The van der Waals surface area contributed by atoms with Crippen LogP contribution in [0.2, 0.25) is 0 Å². The van der Waals surface area contributed by atoms with Crippen molar-refractivity contribution >= 4 is 12.0 Å². The number of nitrogens with zero attached hydrogens (tertiary/aromatic N) is 1. The van der Waals surface area contributed by atoms with Gasteiger partial charge < -0.3 is 15.2 Å². The molecule has 0 radical (unpaired) electrons. The molecule has 0 saturated heterocycles. The first-order chi connectivity index (χ1) is 10.2. The molecule has 0 aliphatic heterocycles. The van der Waals surface area contributed by atoms with Gasteiger partial charge in [-0.25, -0.2) is 0 Å². The Morgan fingerprint density at radius 1 is 1.23 bits per heavy atom. The Morgan fingerprint density at radius 2 is 1.77 bits per heavy atom. The highest BCUT2D eigenvalue weighted by molar-refractivity contribution is 5.78. The number of aliphatic imine (C=N–C) groups is 1. The summed E-state index contributed by atoms with van der Waals surface area (Å²) in [6, 6.07) is 7.62. The molecule has 0 fully saturated rings. The van der Waals surface area contributed by atoms with Gasteiger partial charge in [0.1, 0.15) is 6.08 Å². The summed E-state index contributed by atoms with van der Waals surface area (Å²) in [5.41, 5.74) is 1.30. The number of nitrogens with one attached hydrogen (secondary N) is 1. The minimum atomic E-state index is -0.562. The number of hydrogen-bond donors (Lipinski definition) is 1. The summed E-state index contributed by atoms with van der Waals surface area (Å²) in [6.45, 7) is 9.54. The first-order valence-corrected chi connectivity index (χ1v) is 7.43. The van der Waals surface area contributed by atoms with Gasteiger partial charge >= 0.3 is 0 Å². The lowest BCUT2D eigenvalue weighted by atomic mass is 10.1. The Labute approximate surface area is 132 Å². The minimum Gasteiger partial charge on any atom is -0.595 e. The van der Waals surface area contributed by atoms with E-state index >= 15 is 0 Å². The van der Waals surface area contributed by atoms with Crippen molar-refractivity contribution in [2.24, 2.45) is 4.99 Å². The van der Waals surface area contributed by atoms with Crippen molar-refractivity contribution in [3.05, 3.63) is 35.4 Å². The van der Waals surface area contributed by atoms with E-state index in [1.807, 2.05) is 38.1 Å². The Morgan fingerprint density at radius 3 is 2.27 bits per heavy atom. The summed E-state index contributed by atoms with van der Waals surface area (Å²) >= 11 is 0. The molecule has 5 nitrogen and oxygen atoms in total. The van der Waals surface area contributed by atoms with Crippen LogP contribution in [-0.4, -0.2) is 23.6 Å². The second-order valence-electron chi connectivity index (χ2n) is 6.51. The average Bonchev–Trinajstić information content (AvgIpc) is 2.35. The molecule has 0 atom stereocenters. The van der Waals surface area contributed by atoms with E-state index in [9.17, 15) is 9.90 Å². The second kappa shape index (κ2) is 7.82. The van der Waals surface area contributed by atoms with E-state index in [1.54, 1.807) is 20.8 Å². The Bertz CT molecular complexity index is 514. The van der Waals surface area contributed by atoms with Crippen molar-refractivity contribution in [2.45, 2.75) is 59.2 Å². The first-order valence-electron chi connectivity index (χ1n) is 7.43. The Kier molecular flexibility index (Phi) is 6.40. The van der Waals surface area contributed by atoms with Crippen LogP contribution >= 0.6 is 0 Å². The molecule has 22 heavy (non-hydrogen) atoms. The predicted molar refractivity (Wildman–Crippen MR) is 85.4 cm³/mol. The van der Waals surface area contributed by atoms with E-state index in [0.29, 0.717) is 6.42 Å². The molecule has 1 aromatic carbocycles. The van der Waals surface area contributed by atoms with E-state index in [4.69, 9.17) is 4.74 Å². The van der Waals surface area contributed by atoms with Crippen molar-refractivity contribution in [1.82, 2.24) is 5.32 Å². The lowest BCUT2D eigenvalue weighted by Crippen LogP contribution is -2.31. The lowest BCUT2D eigenvalue weighted by Gasteiger charge is -2.29. The van der Waals surface area contributed by atoms with Gasteiger partial charge in [0.05, 0.1) is 13.0 Å². The highest BCUT2D eigenvalue weighted by atomic mass is 16.6. The molecule has 1 aromatic rings. The summed E-state index contributed by atoms with van der Waals surface area (Å²) < 4.78 is 5.11. The van der Waals surface area contributed by atoms with Crippen LogP contribution in [0.1, 0.15) is 45.7 Å². The molecule has 0 heterocycles. The number of rotatable bonds is 5. The third kappa shape index (κ3) is 7.67. The van der Waals surface area contributed by atoms with Crippen molar-refractivity contribution in [1.29, 1.82) is 0 Å². The molecule has 0 spiro atoms. The van der Waals surface area contributed by atoms with Crippen molar-refractivity contribution in [3.63, 3.8) is 0 Å². The molecule has 0 aliphatic rings. The molecule has 0 bridgehead atoms. The normalized spacial score (nSPS) is 12.4. The van der Waals surface area contributed by atoms with E-state index in [2.05, 4.69) is 10.3 Å². The number of ether oxygens (including phenoxy) is 1. The van der Waals surface area contributed by atoms with Crippen LogP contribution in [0, 0.1) is 0 Å². The maximum Gasteiger partial charge on any atom is 0.224 e. The van der Waals surface area contributed by atoms with Gasteiger partial charge in [-0.1, -0.05) is 45.0 Å². The van der Waals surface area contributed by atoms with Crippen molar-refractivity contribution in [3.8, 4) is 0 Å². The highest BCUT2D eigenvalue weighted by Gasteiger charge is 2.05. The molecule has 1 N–H and O–H groups in total. The zero-order valence-electron chi connectivity index (χ0n) is 14.0. The minimum absolute atomic E-state index is 0.00110. The lowest BCUT2D eigenvalue weighted by molar-refractivity contribution is -0.260. The maximum absolute atomic E-state index is 11.7. The second-order valence-corrected chi connectivity index (χ2v) is 6.51. The fourth-order valence-corrected chi connectivity index (χ4v) is 1.77. The molecule has 122 valence electrons. The molecule has 1 amide bonds. The summed E-state index contributed by atoms with van der Waals surface area (Å²) in [5.74, 6) is 0.00110. The number of carbonyl (C=O) groups excluding carboxylic acids is 1. The fourth-order valence-electron chi connectivity index (χ4n) is 1.77. The summed E-state index contributed by atoms with van der Waals surface area (Å²) in [4.78, 5) is 15.5. The van der Waals surface area contributed by atoms with Gasteiger partial charge in [0, 0.05) is 11.6 Å². The number of amides is 1. The average molecular weight is 305 g/mol. The molecule has 0 aliphatic carbocycles. The van der Waals surface area contributed by atoms with E-state index < -0.39 is 11.7 Å². The van der Waals surface area contributed by atoms with Crippen molar-refractivity contribution < 1.29 is 14.6 Å². The third-order valence-electron chi connectivity index (χ3n) is 2.62. The molecule has 0 saturated carbocycles. The zero-order chi connectivity index (χ0) is 16.8. The third-order valence-corrected chi connectivity index (χ3v) is 2.62. The van der Waals surface area contributed by atoms with E-state index in [0.717, 1.165) is 11.1 Å². The predicted octanol–water partition coefficient (Wildman–Crippen LogP) is 1.79. The van der Waals surface area contributed by atoms with Crippen LogP contribution < -0.4 is 10.4 Å². The van der Waals surface area contributed by atoms with E-state index in [1.165, 1.54) is 0 Å². The van der Waals surface area contributed by atoms with Crippen LogP contribution in [0.5, 0.6) is 0 Å². The van der Waals surface area contributed by atoms with Gasteiger partial charge in [-0.15, -0.1) is 0 Å². The zero-order valence-corrected chi connectivity index (χ0v) is 14.0. The van der Waals surface area contributed by atoms with E-state index in [-0.39, 0.29) is 18.5 Å². The maximum atomic E-state index is 11.7. The van der Waals surface area contributed by atoms with Gasteiger partial charge in [0.25, 0.3) is 0 Å². The summed E-state index contributed by atoms with van der Waals surface area (Å²) in [6.07, 6.45) is -0.213. The Balaban J connectivity index is 2.55. The van der Waals surface area contributed by atoms with Gasteiger partial charge in [-0.05, 0) is 25.0 Å². The quantitative estimate of drug-likeness (QED) is 0.665. The Hall–Kier alpha value is -2.04. The molecule has 1 rings (SSSR count). The number of carbonyl (C=O) groups is 1. The molecular formula is C17H25N2O3-. The number of hydrogen-bond acceptors (Lipinski definition) is 4. The summed E-state index contributed by atoms with van der Waals surface area (Å²) in [7, 11) is 0. The van der Waals surface area contributed by atoms with Crippen LogP contribution in [0.4, 0.5) is 0 Å². The van der Waals surface area contributed by atoms with Gasteiger partial charge in [0.2, 0.25) is 5.91 Å². The standard InChI is InChI=1S/C17H26N2O3/c1-12(2)19-15(20)10-13-6-8-14(9-7-13)11-18-16(21)22-17(3,4)5/h6-9,12H,10-11H2,1-5H3,(H,18,21)(H,19,20)/p-1. The summed E-state index contributed by atoms with van der Waals surface area (Å²) in [5, 5.41) is 14.4. The fraction of sp³-hybridized carbons (Fsp3) is 0.529.